The predicted octanol–water partition coefficient (Wildman–Crippen LogP) is 3.16. The number of para-hydroxylation sites is 1. The molecule has 2 aromatic rings. The molecular weight excluding hydrogens is 326 g/mol. The van der Waals surface area contributed by atoms with E-state index in [0.29, 0.717) is 29.4 Å². The van der Waals surface area contributed by atoms with Gasteiger partial charge in [0.1, 0.15) is 5.56 Å². The van der Waals surface area contributed by atoms with E-state index in [4.69, 9.17) is 10.8 Å². The molecule has 1 amide bonds. The molecule has 26 heavy (non-hydrogen) atoms. The molecule has 2 heterocycles. The second kappa shape index (κ2) is 7.11. The third kappa shape index (κ3) is 3.33. The molecule has 2 aliphatic rings. The summed E-state index contributed by atoms with van der Waals surface area (Å²) >= 11 is 0. The Labute approximate surface area is 154 Å². The Bertz CT molecular complexity index is 768. The minimum Gasteiger partial charge on any atom is -0.365 e. The van der Waals surface area contributed by atoms with Crippen LogP contribution in [-0.4, -0.2) is 39.7 Å². The van der Waals surface area contributed by atoms with Gasteiger partial charge in [0.25, 0.3) is 5.91 Å². The van der Waals surface area contributed by atoms with Crippen LogP contribution in [0.4, 0.5) is 11.5 Å². The zero-order valence-corrected chi connectivity index (χ0v) is 15.3. The summed E-state index contributed by atoms with van der Waals surface area (Å²) in [7, 11) is 0. The van der Waals surface area contributed by atoms with Crippen LogP contribution in [-0.2, 0) is 0 Å². The lowest BCUT2D eigenvalue weighted by molar-refractivity contribution is 0.0572. The van der Waals surface area contributed by atoms with Crippen LogP contribution >= 0.6 is 0 Å². The SMILES string of the molecule is C[C@H]1C[C@@H](N2CCC2)CC[C@@H]1n1cc(C(N)=O)c(Nc2ccccc2)n1. The first-order valence-electron chi connectivity index (χ1n) is 9.57. The Morgan fingerprint density at radius 3 is 2.62 bits per heavy atom. The largest absolute Gasteiger partial charge is 0.365 e. The van der Waals surface area contributed by atoms with E-state index in [1.54, 1.807) is 0 Å². The minimum atomic E-state index is -0.448. The average molecular weight is 353 g/mol. The number of benzene rings is 1. The summed E-state index contributed by atoms with van der Waals surface area (Å²) in [5.41, 5.74) is 6.94. The van der Waals surface area contributed by atoms with Gasteiger partial charge < -0.3 is 16.0 Å². The first kappa shape index (κ1) is 17.1. The van der Waals surface area contributed by atoms with Gasteiger partial charge in [0.15, 0.2) is 5.82 Å². The molecule has 0 bridgehead atoms. The van der Waals surface area contributed by atoms with E-state index in [0.717, 1.165) is 12.1 Å². The molecule has 0 spiro atoms. The van der Waals surface area contributed by atoms with Crippen molar-refractivity contribution in [3.63, 3.8) is 0 Å². The molecule has 0 radical (unpaired) electrons. The fourth-order valence-electron chi connectivity index (χ4n) is 4.27. The third-order valence-corrected chi connectivity index (χ3v) is 5.88. The van der Waals surface area contributed by atoms with E-state index in [1.807, 2.05) is 41.2 Å². The quantitative estimate of drug-likeness (QED) is 0.866. The summed E-state index contributed by atoms with van der Waals surface area (Å²) in [6, 6.07) is 10.8. The van der Waals surface area contributed by atoms with E-state index >= 15 is 0 Å². The summed E-state index contributed by atoms with van der Waals surface area (Å²) in [5.74, 6) is 0.622. The molecule has 1 saturated heterocycles. The van der Waals surface area contributed by atoms with Crippen LogP contribution in [0.3, 0.4) is 0 Å². The number of nitrogens with two attached hydrogens (primary N) is 1. The van der Waals surface area contributed by atoms with Crippen LogP contribution in [0, 0.1) is 5.92 Å². The highest BCUT2D eigenvalue weighted by atomic mass is 16.1. The number of aromatic nitrogens is 2. The molecule has 4 rings (SSSR count). The number of hydrogen-bond acceptors (Lipinski definition) is 4. The molecular formula is C20H27N5O. The van der Waals surface area contributed by atoms with Gasteiger partial charge in [0.2, 0.25) is 0 Å². The monoisotopic (exact) mass is 353 g/mol. The van der Waals surface area contributed by atoms with E-state index < -0.39 is 5.91 Å². The van der Waals surface area contributed by atoms with E-state index in [1.165, 1.54) is 32.4 Å². The molecule has 138 valence electrons. The fourth-order valence-corrected chi connectivity index (χ4v) is 4.27. The number of nitrogens with zero attached hydrogens (tertiary/aromatic N) is 3. The first-order valence-corrected chi connectivity index (χ1v) is 9.57. The molecule has 6 nitrogen and oxygen atoms in total. The lowest BCUT2D eigenvalue weighted by Crippen LogP contribution is -2.48. The standard InChI is InChI=1S/C20H27N5O/c1-14-12-16(24-10-5-11-24)8-9-18(14)25-13-17(19(21)26)20(23-25)22-15-6-3-2-4-7-15/h2-4,6-7,13-14,16,18H,5,8-12H2,1H3,(H2,21,26)(H,22,23)/t14-,16-,18-/m0/s1. The van der Waals surface area contributed by atoms with Crippen molar-refractivity contribution in [2.75, 3.05) is 18.4 Å². The highest BCUT2D eigenvalue weighted by Crippen LogP contribution is 2.37. The van der Waals surface area contributed by atoms with Crippen molar-refractivity contribution < 1.29 is 4.79 Å². The van der Waals surface area contributed by atoms with Gasteiger partial charge in [-0.2, -0.15) is 5.10 Å². The van der Waals surface area contributed by atoms with Gasteiger partial charge >= 0.3 is 0 Å². The maximum absolute atomic E-state index is 11.9. The lowest BCUT2D eigenvalue weighted by Gasteiger charge is -2.44. The van der Waals surface area contributed by atoms with Gasteiger partial charge in [0.05, 0.1) is 6.04 Å². The summed E-state index contributed by atoms with van der Waals surface area (Å²) < 4.78 is 1.96. The van der Waals surface area contributed by atoms with Gasteiger partial charge in [-0.3, -0.25) is 9.48 Å². The fraction of sp³-hybridized carbons (Fsp3) is 0.500. The van der Waals surface area contributed by atoms with E-state index in [9.17, 15) is 4.79 Å². The van der Waals surface area contributed by atoms with Gasteiger partial charge in [-0.1, -0.05) is 25.1 Å². The zero-order chi connectivity index (χ0) is 18.1. The molecule has 1 aromatic carbocycles. The summed E-state index contributed by atoms with van der Waals surface area (Å²) in [6.07, 6.45) is 6.63. The van der Waals surface area contributed by atoms with Crippen LogP contribution in [0.25, 0.3) is 0 Å². The highest BCUT2D eigenvalue weighted by Gasteiger charge is 2.34. The Hall–Kier alpha value is -2.34. The maximum atomic E-state index is 11.9. The average Bonchev–Trinajstić information content (AvgIpc) is 2.98. The number of carbonyl (C=O) groups is 1. The Kier molecular flexibility index (Phi) is 4.68. The number of hydrogen-bond donors (Lipinski definition) is 2. The predicted molar refractivity (Wildman–Crippen MR) is 102 cm³/mol. The lowest BCUT2D eigenvalue weighted by atomic mass is 9.81. The number of primary amides is 1. The number of nitrogens with one attached hydrogen (secondary N) is 1. The highest BCUT2D eigenvalue weighted by molar-refractivity contribution is 5.98. The van der Waals surface area contributed by atoms with Crippen LogP contribution < -0.4 is 11.1 Å². The number of rotatable bonds is 5. The topological polar surface area (TPSA) is 76.2 Å². The molecule has 3 atom stereocenters. The molecule has 1 saturated carbocycles. The van der Waals surface area contributed by atoms with Crippen LogP contribution in [0.1, 0.15) is 49.0 Å². The van der Waals surface area contributed by atoms with Crippen molar-refractivity contribution in [1.29, 1.82) is 0 Å². The van der Waals surface area contributed by atoms with Crippen molar-refractivity contribution in [3.05, 3.63) is 42.1 Å². The van der Waals surface area contributed by atoms with Crippen molar-refractivity contribution in [2.45, 2.75) is 44.7 Å². The van der Waals surface area contributed by atoms with Gasteiger partial charge in [0, 0.05) is 17.9 Å². The Morgan fingerprint density at radius 1 is 1.23 bits per heavy atom. The molecule has 1 aliphatic heterocycles. The van der Waals surface area contributed by atoms with Crippen LogP contribution in [0.15, 0.2) is 36.5 Å². The van der Waals surface area contributed by atoms with Gasteiger partial charge in [-0.25, -0.2) is 0 Å². The van der Waals surface area contributed by atoms with Crippen LogP contribution in [0.2, 0.25) is 0 Å². The molecule has 2 fully saturated rings. The summed E-state index contributed by atoms with van der Waals surface area (Å²) in [6.45, 7) is 4.80. The first-order chi connectivity index (χ1) is 12.6. The van der Waals surface area contributed by atoms with Crippen molar-refractivity contribution in [1.82, 2.24) is 14.7 Å². The summed E-state index contributed by atoms with van der Waals surface area (Å²) in [5, 5.41) is 7.93. The smallest absolute Gasteiger partial charge is 0.254 e. The Morgan fingerprint density at radius 2 is 2.00 bits per heavy atom. The molecule has 1 aliphatic carbocycles. The number of likely N-dealkylation sites (tertiary alicyclic amines) is 1. The normalized spacial score (nSPS) is 26.3. The second-order valence-electron chi connectivity index (χ2n) is 7.63. The zero-order valence-electron chi connectivity index (χ0n) is 15.3. The van der Waals surface area contributed by atoms with Crippen molar-refractivity contribution in [2.24, 2.45) is 11.7 Å². The molecule has 1 aromatic heterocycles. The third-order valence-electron chi connectivity index (χ3n) is 5.88. The Balaban J connectivity index is 1.53. The van der Waals surface area contributed by atoms with Gasteiger partial charge in [-0.15, -0.1) is 0 Å². The van der Waals surface area contributed by atoms with Crippen LogP contribution in [0.5, 0.6) is 0 Å². The molecule has 0 unspecified atom stereocenters. The minimum absolute atomic E-state index is 0.317. The van der Waals surface area contributed by atoms with E-state index in [2.05, 4.69) is 17.1 Å². The number of carbonyl (C=O) groups excluding carboxylic acids is 1. The maximum Gasteiger partial charge on any atom is 0.254 e. The number of amides is 1. The van der Waals surface area contributed by atoms with E-state index in [-0.39, 0.29) is 0 Å². The number of anilines is 2. The molecule has 3 N–H and O–H groups in total. The van der Waals surface area contributed by atoms with Gasteiger partial charge in [-0.05, 0) is 56.8 Å². The molecule has 6 heteroatoms. The van der Waals surface area contributed by atoms with Crippen molar-refractivity contribution in [3.8, 4) is 0 Å². The van der Waals surface area contributed by atoms with Crippen molar-refractivity contribution >= 4 is 17.4 Å². The second-order valence-corrected chi connectivity index (χ2v) is 7.63. The summed E-state index contributed by atoms with van der Waals surface area (Å²) in [4.78, 5) is 14.5.